The summed E-state index contributed by atoms with van der Waals surface area (Å²) in [5.41, 5.74) is 2.88. The van der Waals surface area contributed by atoms with Crippen LogP contribution in [-0.4, -0.2) is 43.2 Å². The van der Waals surface area contributed by atoms with Crippen LogP contribution in [0.4, 0.5) is 5.69 Å². The largest absolute Gasteiger partial charge is 0.486 e. The van der Waals surface area contributed by atoms with E-state index in [1.54, 1.807) is 0 Å². The number of rotatable bonds is 6. The molecule has 0 spiro atoms. The molecule has 1 aliphatic heterocycles. The van der Waals surface area contributed by atoms with Gasteiger partial charge in [-0.2, -0.15) is 0 Å². The average molecular weight is 402 g/mol. The molecule has 0 bridgehead atoms. The molecule has 0 aromatic heterocycles. The van der Waals surface area contributed by atoms with E-state index in [1.807, 2.05) is 97.7 Å². The average Bonchev–Trinajstić information content (AvgIpc) is 2.79. The molecule has 0 unspecified atom stereocenters. The second-order valence-corrected chi connectivity index (χ2v) is 7.51. The van der Waals surface area contributed by atoms with Crippen molar-refractivity contribution in [1.29, 1.82) is 0 Å². The Bertz CT molecular complexity index is 1010. The van der Waals surface area contributed by atoms with Crippen molar-refractivity contribution in [3.8, 4) is 22.6 Å². The van der Waals surface area contributed by atoms with E-state index >= 15 is 0 Å². The van der Waals surface area contributed by atoms with Crippen LogP contribution in [0.5, 0.6) is 11.5 Å². The van der Waals surface area contributed by atoms with Crippen molar-refractivity contribution in [3.63, 3.8) is 0 Å². The normalized spacial score (nSPS) is 16.2. The summed E-state index contributed by atoms with van der Waals surface area (Å²) in [6.07, 6.45) is -0.128. The van der Waals surface area contributed by atoms with Gasteiger partial charge in [0, 0.05) is 17.8 Å². The fourth-order valence-electron chi connectivity index (χ4n) is 3.53. The lowest BCUT2D eigenvalue weighted by Gasteiger charge is -2.31. The highest BCUT2D eigenvalue weighted by Crippen LogP contribution is 2.31. The highest BCUT2D eigenvalue weighted by atomic mass is 16.6. The SMILES string of the molecule is C[C@H](C(=O)Nc1ccccc1-c1ccccc1)N(C)C[C@H]1COc2ccccc2O1. The Labute approximate surface area is 177 Å². The number of fused-ring (bicyclic) bond motifs is 1. The summed E-state index contributed by atoms with van der Waals surface area (Å²) < 4.78 is 11.8. The summed E-state index contributed by atoms with van der Waals surface area (Å²) in [4.78, 5) is 14.9. The Morgan fingerprint density at radius 3 is 2.47 bits per heavy atom. The number of hydrogen-bond acceptors (Lipinski definition) is 4. The van der Waals surface area contributed by atoms with Crippen LogP contribution in [-0.2, 0) is 4.79 Å². The second kappa shape index (κ2) is 9.01. The molecule has 30 heavy (non-hydrogen) atoms. The fraction of sp³-hybridized carbons (Fsp3) is 0.240. The highest BCUT2D eigenvalue weighted by Gasteiger charge is 2.26. The van der Waals surface area contributed by atoms with Gasteiger partial charge in [-0.05, 0) is 37.7 Å². The zero-order chi connectivity index (χ0) is 20.9. The second-order valence-electron chi connectivity index (χ2n) is 7.51. The van der Waals surface area contributed by atoms with Gasteiger partial charge < -0.3 is 14.8 Å². The van der Waals surface area contributed by atoms with E-state index in [0.717, 1.165) is 28.3 Å². The van der Waals surface area contributed by atoms with Crippen LogP contribution in [0.1, 0.15) is 6.92 Å². The molecule has 5 nitrogen and oxygen atoms in total. The molecule has 2 atom stereocenters. The predicted octanol–water partition coefficient (Wildman–Crippen LogP) is 4.45. The number of nitrogens with one attached hydrogen (secondary N) is 1. The summed E-state index contributed by atoms with van der Waals surface area (Å²) >= 11 is 0. The smallest absolute Gasteiger partial charge is 0.241 e. The van der Waals surface area contributed by atoms with Gasteiger partial charge in [-0.15, -0.1) is 0 Å². The summed E-state index contributed by atoms with van der Waals surface area (Å²) in [6.45, 7) is 2.95. The van der Waals surface area contributed by atoms with Gasteiger partial charge in [0.25, 0.3) is 0 Å². The Morgan fingerprint density at radius 2 is 1.67 bits per heavy atom. The maximum atomic E-state index is 13.0. The number of carbonyl (C=O) groups excluding carboxylic acids is 1. The number of ether oxygens (including phenoxy) is 2. The van der Waals surface area contributed by atoms with Crippen LogP contribution in [0, 0.1) is 0 Å². The van der Waals surface area contributed by atoms with Gasteiger partial charge in [0.15, 0.2) is 11.5 Å². The highest BCUT2D eigenvalue weighted by molar-refractivity contribution is 5.98. The molecule has 1 N–H and O–H groups in total. The maximum Gasteiger partial charge on any atom is 0.241 e. The maximum absolute atomic E-state index is 13.0. The molecule has 0 saturated carbocycles. The lowest BCUT2D eigenvalue weighted by atomic mass is 10.0. The lowest BCUT2D eigenvalue weighted by molar-refractivity contribution is -0.120. The molecule has 0 saturated heterocycles. The molecule has 0 aliphatic carbocycles. The number of likely N-dealkylation sites (N-methyl/N-ethyl adjacent to an activating group) is 1. The first-order valence-electron chi connectivity index (χ1n) is 10.2. The molecule has 1 aliphatic rings. The molecule has 154 valence electrons. The number of carbonyl (C=O) groups is 1. The van der Waals surface area contributed by atoms with Gasteiger partial charge in [-0.1, -0.05) is 60.7 Å². The van der Waals surface area contributed by atoms with Crippen LogP contribution in [0.25, 0.3) is 11.1 Å². The lowest BCUT2D eigenvalue weighted by Crippen LogP contribution is -2.46. The zero-order valence-electron chi connectivity index (χ0n) is 17.2. The van der Waals surface area contributed by atoms with Gasteiger partial charge in [0.1, 0.15) is 12.7 Å². The Hall–Kier alpha value is -3.31. The number of amides is 1. The van der Waals surface area contributed by atoms with Crippen LogP contribution in [0.3, 0.4) is 0 Å². The van der Waals surface area contributed by atoms with Crippen molar-refractivity contribution in [2.45, 2.75) is 19.1 Å². The Morgan fingerprint density at radius 1 is 1.00 bits per heavy atom. The summed E-state index contributed by atoms with van der Waals surface area (Å²) in [5, 5.41) is 3.09. The molecular formula is C25H26N2O3. The van der Waals surface area contributed by atoms with E-state index in [4.69, 9.17) is 9.47 Å². The minimum atomic E-state index is -0.324. The quantitative estimate of drug-likeness (QED) is 0.662. The van der Waals surface area contributed by atoms with Gasteiger partial charge in [0.05, 0.1) is 6.04 Å². The minimum Gasteiger partial charge on any atom is -0.486 e. The number of hydrogen-bond donors (Lipinski definition) is 1. The molecule has 1 heterocycles. The van der Waals surface area contributed by atoms with E-state index in [1.165, 1.54) is 0 Å². The number of nitrogens with zero attached hydrogens (tertiary/aromatic N) is 1. The first kappa shape index (κ1) is 20.0. The monoisotopic (exact) mass is 402 g/mol. The van der Waals surface area contributed by atoms with Gasteiger partial charge in [-0.25, -0.2) is 0 Å². The van der Waals surface area contributed by atoms with E-state index in [2.05, 4.69) is 5.32 Å². The van der Waals surface area contributed by atoms with Crippen LogP contribution >= 0.6 is 0 Å². The van der Waals surface area contributed by atoms with Crippen molar-refractivity contribution in [2.24, 2.45) is 0 Å². The van der Waals surface area contributed by atoms with Gasteiger partial charge in [-0.3, -0.25) is 9.69 Å². The molecule has 5 heteroatoms. The van der Waals surface area contributed by atoms with E-state index in [0.29, 0.717) is 13.2 Å². The zero-order valence-corrected chi connectivity index (χ0v) is 17.2. The summed E-state index contributed by atoms with van der Waals surface area (Å²) in [6, 6.07) is 25.2. The van der Waals surface area contributed by atoms with Gasteiger partial charge >= 0.3 is 0 Å². The van der Waals surface area contributed by atoms with Crippen molar-refractivity contribution >= 4 is 11.6 Å². The van der Waals surface area contributed by atoms with E-state index in [9.17, 15) is 4.79 Å². The van der Waals surface area contributed by atoms with Crippen LogP contribution in [0.2, 0.25) is 0 Å². The predicted molar refractivity (Wildman–Crippen MR) is 119 cm³/mol. The van der Waals surface area contributed by atoms with Crippen LogP contribution in [0.15, 0.2) is 78.9 Å². The number of benzene rings is 3. The topological polar surface area (TPSA) is 50.8 Å². The number of anilines is 1. The van der Waals surface area contributed by atoms with Crippen molar-refractivity contribution in [1.82, 2.24) is 4.90 Å². The first-order chi connectivity index (χ1) is 14.6. The molecule has 1 amide bonds. The molecule has 4 rings (SSSR count). The minimum absolute atomic E-state index is 0.0574. The Balaban J connectivity index is 1.40. The number of para-hydroxylation sites is 3. The molecule has 0 fully saturated rings. The van der Waals surface area contributed by atoms with Crippen molar-refractivity contribution in [2.75, 3.05) is 25.5 Å². The summed E-state index contributed by atoms with van der Waals surface area (Å²) in [7, 11) is 1.93. The third-order valence-corrected chi connectivity index (χ3v) is 5.37. The standard InChI is InChI=1S/C25H26N2O3/c1-18(27(2)16-20-17-29-23-14-8-9-15-24(23)30-20)25(28)26-22-13-7-6-12-21(22)19-10-4-3-5-11-19/h3-15,18,20H,16-17H2,1-2H3,(H,26,28)/t18-,20+/m1/s1. The molecule has 3 aromatic rings. The van der Waals surface area contributed by atoms with Crippen molar-refractivity contribution < 1.29 is 14.3 Å². The van der Waals surface area contributed by atoms with Crippen molar-refractivity contribution in [3.05, 3.63) is 78.9 Å². The third-order valence-electron chi connectivity index (χ3n) is 5.37. The first-order valence-corrected chi connectivity index (χ1v) is 10.2. The molecular weight excluding hydrogens is 376 g/mol. The van der Waals surface area contributed by atoms with Gasteiger partial charge in [0.2, 0.25) is 5.91 Å². The van der Waals surface area contributed by atoms with E-state index < -0.39 is 0 Å². The van der Waals surface area contributed by atoms with E-state index in [-0.39, 0.29) is 18.1 Å². The third kappa shape index (κ3) is 4.47. The van der Waals surface area contributed by atoms with Crippen LogP contribution < -0.4 is 14.8 Å². The summed E-state index contributed by atoms with van der Waals surface area (Å²) in [5.74, 6) is 1.45. The molecule has 0 radical (unpaired) electrons. The Kier molecular flexibility index (Phi) is 6.00. The molecule has 3 aromatic carbocycles. The fourth-order valence-corrected chi connectivity index (χ4v) is 3.53.